The topological polar surface area (TPSA) is 66.9 Å². The molecule has 140 valence electrons. The highest BCUT2D eigenvalue weighted by atomic mass is 32.2. The minimum Gasteiger partial charge on any atom is -0.491 e. The zero-order chi connectivity index (χ0) is 18.7. The second kappa shape index (κ2) is 7.77. The Labute approximate surface area is 158 Å². The number of rotatable bonds is 5. The molecule has 0 aliphatic carbocycles. The summed E-state index contributed by atoms with van der Waals surface area (Å²) in [7, 11) is -3.57. The van der Waals surface area contributed by atoms with Crippen molar-refractivity contribution in [2.45, 2.75) is 24.8 Å². The summed E-state index contributed by atoms with van der Waals surface area (Å²) in [5.74, 6) is 0.609. The third-order valence-electron chi connectivity index (χ3n) is 4.09. The average molecular weight is 395 g/mol. The third-order valence-corrected chi connectivity index (χ3v) is 6.86. The Morgan fingerprint density at radius 3 is 2.27 bits per heavy atom. The van der Waals surface area contributed by atoms with Crippen LogP contribution < -0.4 is 4.74 Å². The van der Waals surface area contributed by atoms with Crippen molar-refractivity contribution in [2.75, 3.05) is 26.2 Å². The maximum atomic E-state index is 12.8. The van der Waals surface area contributed by atoms with Crippen molar-refractivity contribution in [1.29, 1.82) is 0 Å². The van der Waals surface area contributed by atoms with Crippen molar-refractivity contribution in [3.63, 3.8) is 0 Å². The van der Waals surface area contributed by atoms with E-state index in [-0.39, 0.29) is 16.9 Å². The fraction of sp³-hybridized carbons (Fsp3) is 0.389. The first-order valence-corrected chi connectivity index (χ1v) is 10.8. The van der Waals surface area contributed by atoms with Gasteiger partial charge in [-0.05, 0) is 49.6 Å². The smallest absolute Gasteiger partial charge is 0.264 e. The van der Waals surface area contributed by atoms with Gasteiger partial charge in [-0.15, -0.1) is 11.3 Å². The van der Waals surface area contributed by atoms with Crippen molar-refractivity contribution >= 4 is 27.3 Å². The van der Waals surface area contributed by atoms with Gasteiger partial charge in [-0.1, -0.05) is 6.07 Å². The van der Waals surface area contributed by atoms with Gasteiger partial charge < -0.3 is 9.64 Å². The lowest BCUT2D eigenvalue weighted by Gasteiger charge is -2.33. The van der Waals surface area contributed by atoms with E-state index in [2.05, 4.69) is 0 Å². The summed E-state index contributed by atoms with van der Waals surface area (Å²) in [6.07, 6.45) is 0.0337. The largest absolute Gasteiger partial charge is 0.491 e. The SMILES string of the molecule is CC(C)Oc1ccc(S(=O)(=O)N2CCN(C(=O)c3cccs3)CC2)cc1. The number of piperazine rings is 1. The molecule has 0 spiro atoms. The number of nitrogens with zero attached hydrogens (tertiary/aromatic N) is 2. The van der Waals surface area contributed by atoms with Crippen LogP contribution in [0.3, 0.4) is 0 Å². The first-order valence-electron chi connectivity index (χ1n) is 8.47. The molecule has 1 aliphatic heterocycles. The number of ether oxygens (including phenoxy) is 1. The highest BCUT2D eigenvalue weighted by Crippen LogP contribution is 2.22. The van der Waals surface area contributed by atoms with Gasteiger partial charge in [0.2, 0.25) is 10.0 Å². The highest BCUT2D eigenvalue weighted by Gasteiger charge is 2.30. The molecule has 1 aliphatic rings. The van der Waals surface area contributed by atoms with Crippen LogP contribution in [0.25, 0.3) is 0 Å². The molecule has 2 heterocycles. The number of amides is 1. The summed E-state index contributed by atoms with van der Waals surface area (Å²) in [5, 5.41) is 1.86. The molecule has 1 aromatic carbocycles. The molecule has 3 rings (SSSR count). The van der Waals surface area contributed by atoms with E-state index < -0.39 is 10.0 Å². The lowest BCUT2D eigenvalue weighted by molar-refractivity contribution is 0.0703. The van der Waals surface area contributed by atoms with Gasteiger partial charge in [-0.3, -0.25) is 4.79 Å². The van der Waals surface area contributed by atoms with Gasteiger partial charge >= 0.3 is 0 Å². The Morgan fingerprint density at radius 2 is 1.73 bits per heavy atom. The molecule has 1 aromatic heterocycles. The van der Waals surface area contributed by atoms with E-state index in [1.165, 1.54) is 15.6 Å². The second-order valence-electron chi connectivity index (χ2n) is 6.31. The van der Waals surface area contributed by atoms with E-state index in [1.54, 1.807) is 35.2 Å². The fourth-order valence-corrected chi connectivity index (χ4v) is 4.91. The number of benzene rings is 1. The predicted molar refractivity (Wildman–Crippen MR) is 101 cm³/mol. The molecule has 1 saturated heterocycles. The Balaban J connectivity index is 1.65. The van der Waals surface area contributed by atoms with Gasteiger partial charge in [0.15, 0.2) is 0 Å². The molecule has 0 saturated carbocycles. The molecule has 0 N–H and O–H groups in total. The van der Waals surface area contributed by atoms with Crippen LogP contribution in [0.2, 0.25) is 0 Å². The molecular formula is C18H22N2O4S2. The maximum absolute atomic E-state index is 12.8. The van der Waals surface area contributed by atoms with Crippen molar-refractivity contribution in [3.05, 3.63) is 46.7 Å². The van der Waals surface area contributed by atoms with E-state index in [9.17, 15) is 13.2 Å². The molecule has 6 nitrogen and oxygen atoms in total. The van der Waals surface area contributed by atoms with Gasteiger partial charge in [0.05, 0.1) is 15.9 Å². The quantitative estimate of drug-likeness (QED) is 0.782. The molecule has 0 unspecified atom stereocenters. The number of hydrogen-bond donors (Lipinski definition) is 0. The Morgan fingerprint density at radius 1 is 1.08 bits per heavy atom. The summed E-state index contributed by atoms with van der Waals surface area (Å²) < 4.78 is 32.6. The van der Waals surface area contributed by atoms with Gasteiger partial charge in [-0.25, -0.2) is 8.42 Å². The summed E-state index contributed by atoms with van der Waals surface area (Å²) >= 11 is 1.40. The maximum Gasteiger partial charge on any atom is 0.264 e. The van der Waals surface area contributed by atoms with Crippen LogP contribution in [0.5, 0.6) is 5.75 Å². The van der Waals surface area contributed by atoms with Gasteiger partial charge in [0.25, 0.3) is 5.91 Å². The Bertz CT molecular complexity index is 838. The molecule has 1 fully saturated rings. The molecule has 2 aromatic rings. The molecule has 0 bridgehead atoms. The number of carbonyl (C=O) groups excluding carboxylic acids is 1. The Kier molecular flexibility index (Phi) is 5.64. The van der Waals surface area contributed by atoms with Crippen molar-refractivity contribution in [2.24, 2.45) is 0 Å². The molecule has 0 atom stereocenters. The van der Waals surface area contributed by atoms with E-state index in [0.29, 0.717) is 36.8 Å². The minimum atomic E-state index is -3.57. The summed E-state index contributed by atoms with van der Waals surface area (Å²) in [6.45, 7) is 5.21. The molecule has 0 radical (unpaired) electrons. The van der Waals surface area contributed by atoms with Crippen LogP contribution in [-0.2, 0) is 10.0 Å². The molecule has 8 heteroatoms. The number of sulfonamides is 1. The van der Waals surface area contributed by atoms with E-state index in [4.69, 9.17) is 4.74 Å². The van der Waals surface area contributed by atoms with Crippen LogP contribution in [0.4, 0.5) is 0 Å². The lowest BCUT2D eigenvalue weighted by Crippen LogP contribution is -2.50. The highest BCUT2D eigenvalue weighted by molar-refractivity contribution is 7.89. The zero-order valence-electron chi connectivity index (χ0n) is 14.8. The van der Waals surface area contributed by atoms with Crippen LogP contribution in [-0.4, -0.2) is 55.8 Å². The van der Waals surface area contributed by atoms with Crippen molar-refractivity contribution in [3.8, 4) is 5.75 Å². The van der Waals surface area contributed by atoms with Crippen molar-refractivity contribution in [1.82, 2.24) is 9.21 Å². The van der Waals surface area contributed by atoms with Crippen LogP contribution >= 0.6 is 11.3 Å². The van der Waals surface area contributed by atoms with Crippen molar-refractivity contribution < 1.29 is 17.9 Å². The van der Waals surface area contributed by atoms with E-state index in [0.717, 1.165) is 0 Å². The van der Waals surface area contributed by atoms with E-state index in [1.807, 2.05) is 25.3 Å². The summed E-state index contributed by atoms with van der Waals surface area (Å²) in [5.41, 5.74) is 0. The van der Waals surface area contributed by atoms with Gasteiger partial charge in [0, 0.05) is 26.2 Å². The second-order valence-corrected chi connectivity index (χ2v) is 9.20. The predicted octanol–water partition coefficient (Wildman–Crippen LogP) is 2.68. The molecule has 26 heavy (non-hydrogen) atoms. The summed E-state index contributed by atoms with van der Waals surface area (Å²) in [6, 6.07) is 10.1. The van der Waals surface area contributed by atoms with Gasteiger partial charge in [-0.2, -0.15) is 4.31 Å². The number of carbonyl (C=O) groups is 1. The normalized spacial score (nSPS) is 16.0. The van der Waals surface area contributed by atoms with Crippen LogP contribution in [0.1, 0.15) is 23.5 Å². The first kappa shape index (κ1) is 18.9. The van der Waals surface area contributed by atoms with Crippen LogP contribution in [0, 0.1) is 0 Å². The number of thiophene rings is 1. The minimum absolute atomic E-state index is 0.0337. The standard InChI is InChI=1S/C18H22N2O4S2/c1-14(2)24-15-5-7-16(8-6-15)26(22,23)20-11-9-19(10-12-20)18(21)17-4-3-13-25-17/h3-8,13-14H,9-12H2,1-2H3. The average Bonchev–Trinajstić information content (AvgIpc) is 3.16. The van der Waals surface area contributed by atoms with Crippen LogP contribution in [0.15, 0.2) is 46.7 Å². The number of hydrogen-bond acceptors (Lipinski definition) is 5. The summed E-state index contributed by atoms with van der Waals surface area (Å²) in [4.78, 5) is 15.0. The third kappa shape index (κ3) is 4.08. The Hall–Kier alpha value is -1.90. The molecule has 1 amide bonds. The monoisotopic (exact) mass is 394 g/mol. The zero-order valence-corrected chi connectivity index (χ0v) is 16.4. The fourth-order valence-electron chi connectivity index (χ4n) is 2.80. The first-order chi connectivity index (χ1) is 12.4. The van der Waals surface area contributed by atoms with Gasteiger partial charge in [0.1, 0.15) is 5.75 Å². The van der Waals surface area contributed by atoms with E-state index >= 15 is 0 Å². The lowest BCUT2D eigenvalue weighted by atomic mass is 10.3. The molecular weight excluding hydrogens is 372 g/mol.